The van der Waals surface area contributed by atoms with E-state index in [0.29, 0.717) is 5.25 Å². The number of hydrogen-bond acceptors (Lipinski definition) is 1. The average molecular weight is 350 g/mol. The Balaban J connectivity index is 1.75. The van der Waals surface area contributed by atoms with Crippen LogP contribution in [0.4, 0.5) is 0 Å². The third kappa shape index (κ3) is 2.56. The van der Waals surface area contributed by atoms with E-state index in [0.717, 1.165) is 0 Å². The number of benzene rings is 4. The fourth-order valence-corrected chi connectivity index (χ4v) is 5.23. The lowest BCUT2D eigenvalue weighted by atomic mass is 9.92. The molecule has 0 nitrogen and oxygen atoms in total. The molecule has 0 saturated carbocycles. The van der Waals surface area contributed by atoms with E-state index in [-0.39, 0.29) is 0 Å². The van der Waals surface area contributed by atoms with Crippen molar-refractivity contribution < 1.29 is 0 Å². The van der Waals surface area contributed by atoms with Crippen molar-refractivity contribution in [3.05, 3.63) is 114 Å². The highest BCUT2D eigenvalue weighted by Gasteiger charge is 2.28. The Morgan fingerprint density at radius 3 is 1.92 bits per heavy atom. The minimum absolute atomic E-state index is 0.324. The van der Waals surface area contributed by atoms with Gasteiger partial charge in [0.15, 0.2) is 0 Å². The highest BCUT2D eigenvalue weighted by Crippen LogP contribution is 2.54. The predicted molar refractivity (Wildman–Crippen MR) is 111 cm³/mol. The van der Waals surface area contributed by atoms with E-state index >= 15 is 0 Å². The monoisotopic (exact) mass is 350 g/mol. The van der Waals surface area contributed by atoms with Crippen molar-refractivity contribution in [3.8, 4) is 22.3 Å². The molecule has 1 heteroatoms. The quantitative estimate of drug-likeness (QED) is 0.368. The van der Waals surface area contributed by atoms with Crippen LogP contribution in [0.1, 0.15) is 16.4 Å². The molecular weight excluding hydrogens is 332 g/mol. The second kappa shape index (κ2) is 6.51. The molecule has 26 heavy (non-hydrogen) atoms. The Kier molecular flexibility index (Phi) is 3.88. The van der Waals surface area contributed by atoms with E-state index in [4.69, 9.17) is 0 Å². The molecule has 0 fully saturated rings. The predicted octanol–water partition coefficient (Wildman–Crippen LogP) is 7.22. The van der Waals surface area contributed by atoms with Crippen LogP contribution in [0, 0.1) is 0 Å². The maximum atomic E-state index is 2.28. The summed E-state index contributed by atoms with van der Waals surface area (Å²) in [5, 5.41) is 0.324. The molecule has 124 valence electrons. The second-order valence-electron chi connectivity index (χ2n) is 6.54. The Morgan fingerprint density at radius 1 is 0.500 bits per heavy atom. The highest BCUT2D eigenvalue weighted by atomic mass is 32.2. The van der Waals surface area contributed by atoms with E-state index in [1.54, 1.807) is 0 Å². The molecule has 1 aliphatic rings. The zero-order valence-corrected chi connectivity index (χ0v) is 15.1. The number of hydrogen-bond donors (Lipinski definition) is 0. The van der Waals surface area contributed by atoms with Crippen LogP contribution < -0.4 is 0 Å². The summed E-state index contributed by atoms with van der Waals surface area (Å²) in [5.74, 6) is 0. The van der Waals surface area contributed by atoms with Gasteiger partial charge in [-0.1, -0.05) is 103 Å². The smallest absolute Gasteiger partial charge is 0.0600 e. The molecule has 5 rings (SSSR count). The average Bonchev–Trinajstić information content (AvgIpc) is 2.74. The topological polar surface area (TPSA) is 0 Å². The van der Waals surface area contributed by atoms with E-state index < -0.39 is 0 Å². The van der Waals surface area contributed by atoms with Gasteiger partial charge in [-0.15, -0.1) is 11.8 Å². The molecule has 0 aromatic heterocycles. The summed E-state index contributed by atoms with van der Waals surface area (Å²) >= 11 is 1.97. The molecule has 0 aliphatic carbocycles. The Morgan fingerprint density at radius 2 is 1.12 bits per heavy atom. The lowest BCUT2D eigenvalue weighted by Crippen LogP contribution is -2.05. The van der Waals surface area contributed by atoms with E-state index in [1.165, 1.54) is 38.3 Å². The summed E-state index contributed by atoms with van der Waals surface area (Å²) in [7, 11) is 0. The fraction of sp³-hybridized carbons (Fsp3) is 0.0400. The molecule has 1 heterocycles. The summed E-state index contributed by atoms with van der Waals surface area (Å²) < 4.78 is 0. The normalized spacial score (nSPS) is 15.2. The van der Waals surface area contributed by atoms with E-state index in [9.17, 15) is 0 Å². The van der Waals surface area contributed by atoms with Gasteiger partial charge in [-0.3, -0.25) is 0 Å². The summed E-state index contributed by atoms with van der Waals surface area (Å²) in [6, 6.07) is 37.1. The van der Waals surface area contributed by atoms with E-state index in [2.05, 4.69) is 103 Å². The van der Waals surface area contributed by atoms with Crippen LogP contribution in [0.25, 0.3) is 22.3 Å². The Bertz CT molecular complexity index is 1040. The van der Waals surface area contributed by atoms with Crippen molar-refractivity contribution in [1.82, 2.24) is 0 Å². The van der Waals surface area contributed by atoms with Gasteiger partial charge >= 0.3 is 0 Å². The van der Waals surface area contributed by atoms with Gasteiger partial charge in [0.25, 0.3) is 0 Å². The molecule has 1 unspecified atom stereocenters. The molecular formula is C25H18S. The molecule has 0 spiro atoms. The number of rotatable bonds is 2. The summed E-state index contributed by atoms with van der Waals surface area (Å²) in [6.45, 7) is 0. The molecule has 0 N–H and O–H groups in total. The van der Waals surface area contributed by atoms with Gasteiger partial charge in [0.05, 0.1) is 5.25 Å². The van der Waals surface area contributed by atoms with Crippen LogP contribution in [-0.4, -0.2) is 0 Å². The Labute approximate surface area is 158 Å². The van der Waals surface area contributed by atoms with Gasteiger partial charge in [0.1, 0.15) is 0 Å². The minimum Gasteiger partial charge on any atom is -0.112 e. The van der Waals surface area contributed by atoms with Crippen LogP contribution in [0.2, 0.25) is 0 Å². The van der Waals surface area contributed by atoms with Crippen LogP contribution in [0.3, 0.4) is 0 Å². The lowest BCUT2D eigenvalue weighted by molar-refractivity contribution is 1.13. The summed E-state index contributed by atoms with van der Waals surface area (Å²) in [6.07, 6.45) is 0. The first kappa shape index (κ1) is 15.5. The van der Waals surface area contributed by atoms with Crippen LogP contribution in [0.15, 0.2) is 108 Å². The third-order valence-electron chi connectivity index (χ3n) is 4.97. The van der Waals surface area contributed by atoms with Gasteiger partial charge in [-0.2, -0.15) is 0 Å². The van der Waals surface area contributed by atoms with Crippen molar-refractivity contribution in [2.75, 3.05) is 0 Å². The summed E-state index contributed by atoms with van der Waals surface area (Å²) in [4.78, 5) is 1.38. The van der Waals surface area contributed by atoms with Crippen molar-refractivity contribution in [1.29, 1.82) is 0 Å². The first-order chi connectivity index (χ1) is 12.9. The van der Waals surface area contributed by atoms with Crippen molar-refractivity contribution in [2.24, 2.45) is 0 Å². The van der Waals surface area contributed by atoms with Crippen molar-refractivity contribution >= 4 is 11.8 Å². The zero-order chi connectivity index (χ0) is 17.3. The lowest BCUT2D eigenvalue weighted by Gasteiger charge is -2.29. The molecule has 4 aromatic carbocycles. The van der Waals surface area contributed by atoms with Gasteiger partial charge < -0.3 is 0 Å². The first-order valence-corrected chi connectivity index (χ1v) is 9.79. The second-order valence-corrected chi connectivity index (χ2v) is 7.66. The molecule has 0 saturated heterocycles. The molecule has 0 bridgehead atoms. The largest absolute Gasteiger partial charge is 0.112 e. The molecule has 1 atom stereocenters. The highest BCUT2D eigenvalue weighted by molar-refractivity contribution is 8.00. The third-order valence-corrected chi connectivity index (χ3v) is 6.41. The molecule has 0 amide bonds. The van der Waals surface area contributed by atoms with E-state index in [1.807, 2.05) is 11.8 Å². The van der Waals surface area contributed by atoms with Crippen LogP contribution in [0.5, 0.6) is 0 Å². The fourth-order valence-electron chi connectivity index (χ4n) is 3.75. The molecule has 4 aromatic rings. The first-order valence-electron chi connectivity index (χ1n) is 8.91. The van der Waals surface area contributed by atoms with Gasteiger partial charge in [0, 0.05) is 4.90 Å². The van der Waals surface area contributed by atoms with Crippen LogP contribution >= 0.6 is 11.8 Å². The minimum atomic E-state index is 0.324. The maximum absolute atomic E-state index is 2.28. The Hall–Kier alpha value is -2.77. The maximum Gasteiger partial charge on any atom is 0.0600 e. The SMILES string of the molecule is c1ccc(-c2cccc3c2SC(c2ccccc2)c2ccccc2-3)cc1. The zero-order valence-electron chi connectivity index (χ0n) is 14.3. The molecule has 0 radical (unpaired) electrons. The van der Waals surface area contributed by atoms with Gasteiger partial charge in [-0.05, 0) is 33.4 Å². The number of fused-ring (bicyclic) bond motifs is 3. The number of thioether (sulfide) groups is 1. The van der Waals surface area contributed by atoms with Crippen LogP contribution in [-0.2, 0) is 0 Å². The van der Waals surface area contributed by atoms with Gasteiger partial charge in [-0.25, -0.2) is 0 Å². The van der Waals surface area contributed by atoms with Crippen molar-refractivity contribution in [3.63, 3.8) is 0 Å². The molecule has 1 aliphatic heterocycles. The van der Waals surface area contributed by atoms with Crippen molar-refractivity contribution in [2.45, 2.75) is 10.1 Å². The van der Waals surface area contributed by atoms with Gasteiger partial charge in [0.2, 0.25) is 0 Å². The summed E-state index contributed by atoms with van der Waals surface area (Å²) in [5.41, 5.74) is 8.07. The standard InChI is InChI=1S/C25H18S/c1-3-10-18(11-4-1)20-16-9-17-23-21-14-7-8-15-22(21)24(26-25(20)23)19-12-5-2-6-13-19/h1-17,24H.